The summed E-state index contributed by atoms with van der Waals surface area (Å²) in [6.45, 7) is 8.96. The van der Waals surface area contributed by atoms with Crippen LogP contribution in [0.25, 0.3) is 0 Å². The van der Waals surface area contributed by atoms with Crippen molar-refractivity contribution >= 4 is 0 Å². The maximum atomic E-state index is 2.38. The van der Waals surface area contributed by atoms with E-state index >= 15 is 0 Å². The highest BCUT2D eigenvalue weighted by atomic mass is 127. The van der Waals surface area contributed by atoms with E-state index in [4.69, 9.17) is 0 Å². The van der Waals surface area contributed by atoms with Gasteiger partial charge in [-0.05, 0) is 49.9 Å². The lowest BCUT2D eigenvalue weighted by molar-refractivity contribution is -0.598. The molecule has 0 bridgehead atoms. The largest absolute Gasteiger partial charge is 0.358 e. The van der Waals surface area contributed by atoms with Crippen LogP contribution in [0.15, 0.2) is 42.5 Å². The molecule has 0 aliphatic carbocycles. The normalized spacial score (nSPS) is 11.0. The van der Waals surface area contributed by atoms with Crippen molar-refractivity contribution in [3.05, 3.63) is 66.3 Å². The summed E-state index contributed by atoms with van der Waals surface area (Å²) >= 11 is -0.0396. The second kappa shape index (κ2) is 6.56. The van der Waals surface area contributed by atoms with Crippen LogP contribution in [0.3, 0.4) is 0 Å². The van der Waals surface area contributed by atoms with Gasteiger partial charge in [-0.25, -0.2) is 0 Å². The van der Waals surface area contributed by atoms with Crippen LogP contribution in [0, 0.1) is 26.9 Å². The number of benzene rings is 2. The number of rotatable bonds is 4. The topological polar surface area (TPSA) is 0 Å². The summed E-state index contributed by atoms with van der Waals surface area (Å²) in [5.74, 6) is 0.733. The lowest BCUT2D eigenvalue weighted by atomic mass is 10.0. The number of aryl methyl sites for hydroxylation is 2. The summed E-state index contributed by atoms with van der Waals surface area (Å²) in [5.41, 5.74) is 4.28. The molecule has 0 amide bonds. The van der Waals surface area contributed by atoms with Gasteiger partial charge in [-0.15, -0.1) is 0 Å². The van der Waals surface area contributed by atoms with E-state index in [0.717, 1.165) is 5.92 Å². The van der Waals surface area contributed by atoms with E-state index in [-0.39, 0.29) is 21.2 Å². The van der Waals surface area contributed by atoms with Crippen LogP contribution in [0.5, 0.6) is 0 Å². The number of hydrogen-bond donors (Lipinski definition) is 0. The van der Waals surface area contributed by atoms with Gasteiger partial charge >= 0.3 is 21.2 Å². The van der Waals surface area contributed by atoms with Crippen LogP contribution < -0.4 is 21.2 Å². The second-order valence-electron chi connectivity index (χ2n) is 5.57. The van der Waals surface area contributed by atoms with Crippen molar-refractivity contribution in [3.8, 4) is 0 Å². The Morgan fingerprint density at radius 1 is 0.947 bits per heavy atom. The third-order valence-electron chi connectivity index (χ3n) is 3.09. The molecule has 19 heavy (non-hydrogen) atoms. The minimum absolute atomic E-state index is 0.0396. The highest BCUT2D eigenvalue weighted by molar-refractivity contribution is 5.22. The SMILES string of the molecule is Cc1ccc([I+]c2ccc(CC(C)C)cc2C)cc1. The summed E-state index contributed by atoms with van der Waals surface area (Å²) in [6, 6.07) is 16.0. The zero-order valence-corrected chi connectivity index (χ0v) is 14.4. The molecule has 0 unspecified atom stereocenters. The Kier molecular flexibility index (Phi) is 5.03. The van der Waals surface area contributed by atoms with Crippen molar-refractivity contribution in [1.82, 2.24) is 0 Å². The van der Waals surface area contributed by atoms with Crippen LogP contribution in [-0.2, 0) is 6.42 Å². The molecular weight excluding hydrogens is 343 g/mol. The van der Waals surface area contributed by atoms with Crippen LogP contribution >= 0.6 is 0 Å². The van der Waals surface area contributed by atoms with Crippen molar-refractivity contribution in [1.29, 1.82) is 0 Å². The van der Waals surface area contributed by atoms with E-state index in [2.05, 4.69) is 70.2 Å². The van der Waals surface area contributed by atoms with Gasteiger partial charge in [0.2, 0.25) is 0 Å². The van der Waals surface area contributed by atoms with Gasteiger partial charge in [-0.1, -0.05) is 43.7 Å². The Labute approximate surface area is 127 Å². The van der Waals surface area contributed by atoms with Gasteiger partial charge in [0.1, 0.15) is 0 Å². The molecule has 0 aliphatic rings. The second-order valence-corrected chi connectivity index (χ2v) is 8.52. The Bertz CT molecular complexity index is 538. The maximum Gasteiger partial charge on any atom is 0.358 e. The molecule has 0 N–H and O–H groups in total. The van der Waals surface area contributed by atoms with Crippen LogP contribution in [0.2, 0.25) is 0 Å². The van der Waals surface area contributed by atoms with Crippen molar-refractivity contribution in [2.75, 3.05) is 0 Å². The summed E-state index contributed by atoms with van der Waals surface area (Å²) < 4.78 is 3.05. The lowest BCUT2D eigenvalue weighted by Crippen LogP contribution is -3.61. The molecule has 0 saturated carbocycles. The first-order valence-corrected chi connectivity index (χ1v) is 9.01. The third kappa shape index (κ3) is 4.34. The minimum Gasteiger partial charge on any atom is -0.0625 e. The monoisotopic (exact) mass is 365 g/mol. The molecule has 0 fully saturated rings. The Morgan fingerprint density at radius 2 is 1.63 bits per heavy atom. The van der Waals surface area contributed by atoms with Crippen molar-refractivity contribution in [2.24, 2.45) is 5.92 Å². The Balaban J connectivity index is 2.15. The predicted octanol–water partition coefficient (Wildman–Crippen LogP) is 1.63. The molecule has 0 nitrogen and oxygen atoms in total. The summed E-state index contributed by atoms with van der Waals surface area (Å²) in [5, 5.41) is 0. The molecule has 0 radical (unpaired) electrons. The van der Waals surface area contributed by atoms with E-state index in [1.54, 1.807) is 3.57 Å². The Hall–Kier alpha value is -0.830. The first kappa shape index (κ1) is 14.6. The molecular formula is C18H22I+. The zero-order chi connectivity index (χ0) is 13.8. The van der Waals surface area contributed by atoms with Crippen LogP contribution in [-0.4, -0.2) is 0 Å². The molecule has 0 aliphatic heterocycles. The molecule has 2 rings (SSSR count). The average molecular weight is 365 g/mol. The van der Waals surface area contributed by atoms with E-state index in [1.807, 2.05) is 0 Å². The van der Waals surface area contributed by atoms with E-state index in [9.17, 15) is 0 Å². The first-order chi connectivity index (χ1) is 9.04. The number of halogens is 1. The summed E-state index contributed by atoms with van der Waals surface area (Å²) in [6.07, 6.45) is 1.18. The number of hydrogen-bond acceptors (Lipinski definition) is 0. The quantitative estimate of drug-likeness (QED) is 0.723. The minimum atomic E-state index is -0.0396. The molecule has 0 aromatic heterocycles. The van der Waals surface area contributed by atoms with E-state index < -0.39 is 0 Å². The van der Waals surface area contributed by atoms with E-state index in [0.29, 0.717) is 0 Å². The molecule has 100 valence electrons. The molecule has 0 heterocycles. The maximum absolute atomic E-state index is 2.38. The van der Waals surface area contributed by atoms with E-state index in [1.165, 1.54) is 26.7 Å². The summed E-state index contributed by atoms with van der Waals surface area (Å²) in [4.78, 5) is 0. The predicted molar refractivity (Wildman–Crippen MR) is 78.3 cm³/mol. The van der Waals surface area contributed by atoms with Gasteiger partial charge in [0.15, 0.2) is 7.14 Å². The van der Waals surface area contributed by atoms with Gasteiger partial charge < -0.3 is 0 Å². The Morgan fingerprint density at radius 3 is 2.21 bits per heavy atom. The smallest absolute Gasteiger partial charge is 0.0625 e. The van der Waals surface area contributed by atoms with Gasteiger partial charge in [0, 0.05) is 5.56 Å². The fraction of sp³-hybridized carbons (Fsp3) is 0.333. The zero-order valence-electron chi connectivity index (χ0n) is 12.2. The van der Waals surface area contributed by atoms with Gasteiger partial charge in [0.05, 0.1) is 0 Å². The van der Waals surface area contributed by atoms with Gasteiger partial charge in [0.25, 0.3) is 0 Å². The standard InChI is InChI=1S/C18H22I/c1-13(2)11-16-7-10-18(15(4)12-16)19-17-8-5-14(3)6-9-17/h5-10,12-13H,11H2,1-4H3/q+1. The molecule has 0 atom stereocenters. The molecule has 0 spiro atoms. The molecule has 1 heteroatoms. The summed E-state index contributed by atoms with van der Waals surface area (Å²) in [7, 11) is 0. The van der Waals surface area contributed by atoms with Crippen LogP contribution in [0.1, 0.15) is 30.5 Å². The molecule has 0 saturated heterocycles. The van der Waals surface area contributed by atoms with Gasteiger partial charge in [-0.2, -0.15) is 0 Å². The first-order valence-electron chi connectivity index (χ1n) is 6.85. The molecule has 2 aromatic carbocycles. The van der Waals surface area contributed by atoms with Crippen LogP contribution in [0.4, 0.5) is 0 Å². The van der Waals surface area contributed by atoms with Crippen molar-refractivity contribution < 1.29 is 21.2 Å². The third-order valence-corrected chi connectivity index (χ3v) is 6.22. The highest BCUT2D eigenvalue weighted by Crippen LogP contribution is 2.09. The fourth-order valence-corrected chi connectivity index (χ4v) is 4.46. The lowest BCUT2D eigenvalue weighted by Gasteiger charge is -2.05. The van der Waals surface area contributed by atoms with Crippen molar-refractivity contribution in [2.45, 2.75) is 34.1 Å². The fourth-order valence-electron chi connectivity index (χ4n) is 2.12. The average Bonchev–Trinajstić information content (AvgIpc) is 2.34. The molecule has 2 aromatic rings. The van der Waals surface area contributed by atoms with Crippen molar-refractivity contribution in [3.63, 3.8) is 0 Å². The van der Waals surface area contributed by atoms with Gasteiger partial charge in [-0.3, -0.25) is 0 Å². The highest BCUT2D eigenvalue weighted by Gasteiger charge is 2.18.